The number of hydrogen-bond donors (Lipinski definition) is 1. The van der Waals surface area contributed by atoms with Crippen molar-refractivity contribution in [1.82, 2.24) is 5.32 Å². The predicted octanol–water partition coefficient (Wildman–Crippen LogP) is 5.51. The number of benzene rings is 2. The predicted molar refractivity (Wildman–Crippen MR) is 85.6 cm³/mol. The van der Waals surface area contributed by atoms with Gasteiger partial charge in [0.15, 0.2) is 0 Å². The Kier molecular flexibility index (Phi) is 5.03. The lowest BCUT2D eigenvalue weighted by atomic mass is 10.0. The highest BCUT2D eigenvalue weighted by atomic mass is 79.9. The molecule has 3 heteroatoms. The van der Waals surface area contributed by atoms with Gasteiger partial charge in [-0.2, -0.15) is 0 Å². The summed E-state index contributed by atoms with van der Waals surface area (Å²) in [5, 5.41) is 4.38. The lowest BCUT2D eigenvalue weighted by Crippen LogP contribution is -2.22. The fraction of sp³-hybridized carbons (Fsp3) is 0.250. The molecule has 1 unspecified atom stereocenters. The van der Waals surface area contributed by atoms with Crippen molar-refractivity contribution in [1.29, 1.82) is 0 Å². The van der Waals surface area contributed by atoms with Crippen molar-refractivity contribution < 1.29 is 0 Å². The molecule has 0 saturated carbocycles. The summed E-state index contributed by atoms with van der Waals surface area (Å²) in [6, 6.07) is 16.8. The molecule has 100 valence electrons. The summed E-state index contributed by atoms with van der Waals surface area (Å²) in [7, 11) is 0. The molecule has 2 aromatic carbocycles. The standard InChI is InChI=1S/C16H17BrClN/c1-11(13-7-9-14(17)10-8-13)19-12(2)15-5-3-4-6-16(15)18/h3-12,19H,1-2H3/t11?,12-/m1/s1. The maximum Gasteiger partial charge on any atom is 0.0453 e. The van der Waals surface area contributed by atoms with Gasteiger partial charge in [0.2, 0.25) is 0 Å². The van der Waals surface area contributed by atoms with E-state index < -0.39 is 0 Å². The molecule has 0 heterocycles. The van der Waals surface area contributed by atoms with Crippen molar-refractivity contribution in [3.63, 3.8) is 0 Å². The minimum Gasteiger partial charge on any atom is -0.304 e. The lowest BCUT2D eigenvalue weighted by molar-refractivity contribution is 0.495. The Morgan fingerprint density at radius 3 is 2.21 bits per heavy atom. The molecule has 1 nitrogen and oxygen atoms in total. The quantitative estimate of drug-likeness (QED) is 0.774. The Balaban J connectivity index is 2.08. The third-order valence-corrected chi connectivity index (χ3v) is 4.11. The molecule has 0 spiro atoms. The van der Waals surface area contributed by atoms with Crippen LogP contribution < -0.4 is 5.32 Å². The molecule has 0 fully saturated rings. The fourth-order valence-electron chi connectivity index (χ4n) is 2.14. The van der Waals surface area contributed by atoms with Crippen LogP contribution in [0.5, 0.6) is 0 Å². The van der Waals surface area contributed by atoms with Gasteiger partial charge in [-0.25, -0.2) is 0 Å². The highest BCUT2D eigenvalue weighted by molar-refractivity contribution is 9.10. The van der Waals surface area contributed by atoms with Crippen LogP contribution in [0.4, 0.5) is 0 Å². The summed E-state index contributed by atoms with van der Waals surface area (Å²) in [4.78, 5) is 0. The Labute approximate surface area is 128 Å². The van der Waals surface area contributed by atoms with Crippen LogP contribution in [-0.4, -0.2) is 0 Å². The molecule has 0 bridgehead atoms. The molecule has 0 radical (unpaired) electrons. The normalized spacial score (nSPS) is 14.1. The molecular weight excluding hydrogens is 322 g/mol. The van der Waals surface area contributed by atoms with Gasteiger partial charge in [-0.15, -0.1) is 0 Å². The molecule has 0 saturated heterocycles. The van der Waals surface area contributed by atoms with Crippen LogP contribution in [0.1, 0.15) is 37.1 Å². The van der Waals surface area contributed by atoms with Crippen LogP contribution in [0.3, 0.4) is 0 Å². The van der Waals surface area contributed by atoms with Gasteiger partial charge in [0.05, 0.1) is 0 Å². The summed E-state index contributed by atoms with van der Waals surface area (Å²) in [6.45, 7) is 4.30. The Morgan fingerprint density at radius 1 is 0.947 bits per heavy atom. The summed E-state index contributed by atoms with van der Waals surface area (Å²) >= 11 is 9.68. The van der Waals surface area contributed by atoms with Gasteiger partial charge in [0.1, 0.15) is 0 Å². The van der Waals surface area contributed by atoms with E-state index in [9.17, 15) is 0 Å². The van der Waals surface area contributed by atoms with Crippen LogP contribution in [0.15, 0.2) is 53.0 Å². The minimum absolute atomic E-state index is 0.215. The molecule has 2 rings (SSSR count). The van der Waals surface area contributed by atoms with Gasteiger partial charge in [-0.05, 0) is 43.2 Å². The van der Waals surface area contributed by atoms with Gasteiger partial charge in [-0.1, -0.05) is 57.9 Å². The zero-order valence-electron chi connectivity index (χ0n) is 11.0. The Morgan fingerprint density at radius 2 is 1.58 bits per heavy atom. The van der Waals surface area contributed by atoms with Crippen LogP contribution in [0.25, 0.3) is 0 Å². The van der Waals surface area contributed by atoms with Gasteiger partial charge in [-0.3, -0.25) is 0 Å². The maximum atomic E-state index is 6.22. The molecule has 1 N–H and O–H groups in total. The minimum atomic E-state index is 0.215. The molecule has 0 aliphatic rings. The van der Waals surface area contributed by atoms with E-state index in [-0.39, 0.29) is 12.1 Å². The fourth-order valence-corrected chi connectivity index (χ4v) is 2.70. The van der Waals surface area contributed by atoms with Gasteiger partial charge in [0.25, 0.3) is 0 Å². The second-order valence-electron chi connectivity index (χ2n) is 4.68. The van der Waals surface area contributed by atoms with E-state index in [4.69, 9.17) is 11.6 Å². The Bertz CT molecular complexity index is 539. The van der Waals surface area contributed by atoms with Gasteiger partial charge in [0, 0.05) is 21.6 Å². The molecular formula is C16H17BrClN. The summed E-state index contributed by atoms with van der Waals surface area (Å²) in [5.74, 6) is 0. The first-order chi connectivity index (χ1) is 9.08. The largest absolute Gasteiger partial charge is 0.304 e. The number of nitrogens with one attached hydrogen (secondary N) is 1. The number of halogens is 2. The molecule has 0 aliphatic carbocycles. The molecule has 19 heavy (non-hydrogen) atoms. The molecule has 0 aromatic heterocycles. The van der Waals surface area contributed by atoms with Crippen LogP contribution in [0.2, 0.25) is 5.02 Å². The zero-order chi connectivity index (χ0) is 13.8. The smallest absolute Gasteiger partial charge is 0.0453 e. The average Bonchev–Trinajstić information content (AvgIpc) is 2.39. The first-order valence-electron chi connectivity index (χ1n) is 6.34. The number of rotatable bonds is 4. The maximum absolute atomic E-state index is 6.22. The van der Waals surface area contributed by atoms with Gasteiger partial charge < -0.3 is 5.32 Å². The topological polar surface area (TPSA) is 12.0 Å². The van der Waals surface area contributed by atoms with E-state index >= 15 is 0 Å². The monoisotopic (exact) mass is 337 g/mol. The summed E-state index contributed by atoms with van der Waals surface area (Å²) in [6.07, 6.45) is 0. The van der Waals surface area contributed by atoms with E-state index in [1.54, 1.807) is 0 Å². The van der Waals surface area contributed by atoms with Crippen molar-refractivity contribution in [2.45, 2.75) is 25.9 Å². The van der Waals surface area contributed by atoms with Crippen molar-refractivity contribution in [3.05, 3.63) is 69.2 Å². The van der Waals surface area contributed by atoms with E-state index in [1.807, 2.05) is 18.2 Å². The molecule has 0 amide bonds. The Hall–Kier alpha value is -0.830. The number of hydrogen-bond acceptors (Lipinski definition) is 1. The zero-order valence-corrected chi connectivity index (χ0v) is 13.4. The third kappa shape index (κ3) is 3.82. The first kappa shape index (κ1) is 14.6. The molecule has 0 aliphatic heterocycles. The highest BCUT2D eigenvalue weighted by Gasteiger charge is 2.13. The van der Waals surface area contributed by atoms with Crippen LogP contribution in [0, 0.1) is 0 Å². The van der Waals surface area contributed by atoms with E-state index in [1.165, 1.54) is 5.56 Å². The molecule has 2 aromatic rings. The second kappa shape index (κ2) is 6.56. The molecule has 2 atom stereocenters. The second-order valence-corrected chi connectivity index (χ2v) is 6.01. The SMILES string of the molecule is CC(N[C@H](C)c1ccccc1Cl)c1ccc(Br)cc1. The van der Waals surface area contributed by atoms with E-state index in [2.05, 4.69) is 65.4 Å². The van der Waals surface area contributed by atoms with Crippen molar-refractivity contribution >= 4 is 27.5 Å². The first-order valence-corrected chi connectivity index (χ1v) is 7.51. The van der Waals surface area contributed by atoms with Gasteiger partial charge >= 0.3 is 0 Å². The lowest BCUT2D eigenvalue weighted by Gasteiger charge is -2.21. The highest BCUT2D eigenvalue weighted by Crippen LogP contribution is 2.25. The summed E-state index contributed by atoms with van der Waals surface area (Å²) < 4.78 is 1.10. The summed E-state index contributed by atoms with van der Waals surface area (Å²) in [5.41, 5.74) is 2.40. The average molecular weight is 339 g/mol. The van der Waals surface area contributed by atoms with E-state index in [0.717, 1.165) is 15.1 Å². The van der Waals surface area contributed by atoms with Crippen molar-refractivity contribution in [2.75, 3.05) is 0 Å². The van der Waals surface area contributed by atoms with Crippen molar-refractivity contribution in [3.8, 4) is 0 Å². The van der Waals surface area contributed by atoms with Crippen LogP contribution in [-0.2, 0) is 0 Å². The van der Waals surface area contributed by atoms with E-state index in [0.29, 0.717) is 0 Å². The third-order valence-electron chi connectivity index (χ3n) is 3.24. The van der Waals surface area contributed by atoms with Crippen LogP contribution >= 0.6 is 27.5 Å². The van der Waals surface area contributed by atoms with Crippen molar-refractivity contribution in [2.24, 2.45) is 0 Å².